The van der Waals surface area contributed by atoms with E-state index >= 15 is 0 Å². The molecule has 1 aliphatic carbocycles. The topological polar surface area (TPSA) is 27.0 Å². The summed E-state index contributed by atoms with van der Waals surface area (Å²) in [4.78, 5) is 2.63. The van der Waals surface area contributed by atoms with Crippen molar-refractivity contribution in [3.63, 3.8) is 0 Å². The van der Waals surface area contributed by atoms with Crippen LogP contribution in [-0.4, -0.2) is 24.0 Å². The van der Waals surface area contributed by atoms with E-state index < -0.39 is 0 Å². The summed E-state index contributed by atoms with van der Waals surface area (Å²) < 4.78 is 0. The number of nitriles is 1. The molecule has 112 valence electrons. The van der Waals surface area contributed by atoms with Crippen LogP contribution < -0.4 is 0 Å². The number of nitrogens with zero attached hydrogens (tertiary/aromatic N) is 2. The van der Waals surface area contributed by atoms with E-state index in [1.807, 2.05) is 0 Å². The summed E-state index contributed by atoms with van der Waals surface area (Å²) in [6.45, 7) is 2.40. The molecule has 1 saturated carbocycles. The highest BCUT2D eigenvalue weighted by Gasteiger charge is 2.35. The Morgan fingerprint density at radius 2 is 1.67 bits per heavy atom. The van der Waals surface area contributed by atoms with E-state index in [-0.39, 0.29) is 5.92 Å². The van der Waals surface area contributed by atoms with E-state index in [0.717, 1.165) is 6.42 Å². The van der Waals surface area contributed by atoms with E-state index in [1.165, 1.54) is 57.2 Å². The number of likely N-dealkylation sites (tertiary alicyclic amines) is 1. The van der Waals surface area contributed by atoms with E-state index in [2.05, 4.69) is 41.3 Å². The van der Waals surface area contributed by atoms with Crippen LogP contribution in [-0.2, 0) is 0 Å². The molecule has 1 heterocycles. The van der Waals surface area contributed by atoms with Gasteiger partial charge in [0.15, 0.2) is 0 Å². The molecule has 2 aliphatic rings. The summed E-state index contributed by atoms with van der Waals surface area (Å²) >= 11 is 0. The average Bonchev–Trinajstić information content (AvgIpc) is 2.84. The molecule has 0 bridgehead atoms. The third kappa shape index (κ3) is 3.47. The first-order chi connectivity index (χ1) is 10.4. The highest BCUT2D eigenvalue weighted by Crippen LogP contribution is 2.38. The fourth-order valence-electron chi connectivity index (χ4n) is 4.16. The fourth-order valence-corrected chi connectivity index (χ4v) is 4.16. The van der Waals surface area contributed by atoms with E-state index in [1.54, 1.807) is 0 Å². The van der Waals surface area contributed by atoms with Gasteiger partial charge < -0.3 is 0 Å². The Bertz CT molecular complexity index is 468. The molecule has 0 amide bonds. The van der Waals surface area contributed by atoms with Crippen molar-refractivity contribution in [1.29, 1.82) is 5.26 Å². The molecular weight excluding hydrogens is 256 g/mol. The van der Waals surface area contributed by atoms with Gasteiger partial charge in [-0.2, -0.15) is 5.26 Å². The molecule has 3 unspecified atom stereocenters. The Morgan fingerprint density at radius 1 is 0.952 bits per heavy atom. The summed E-state index contributed by atoms with van der Waals surface area (Å²) in [5.74, 6) is 0.882. The molecule has 1 aromatic rings. The molecule has 0 N–H and O–H groups in total. The number of hydrogen-bond donors (Lipinski definition) is 0. The normalized spacial score (nSPS) is 31.3. The number of benzene rings is 1. The second-order valence-electron chi connectivity index (χ2n) is 6.67. The van der Waals surface area contributed by atoms with Crippen molar-refractivity contribution in [2.45, 2.75) is 56.9 Å². The van der Waals surface area contributed by atoms with Crippen molar-refractivity contribution in [2.24, 2.45) is 5.92 Å². The van der Waals surface area contributed by atoms with Crippen LogP contribution in [0.15, 0.2) is 30.3 Å². The van der Waals surface area contributed by atoms with Gasteiger partial charge in [-0.15, -0.1) is 0 Å². The standard InChI is InChI=1S/C19H26N2/c20-15-18-11-10-17(16-8-4-3-5-9-16)14-19(18)21-12-6-1-2-7-13-21/h3-5,8-9,17-19H,1-2,6-7,10-14H2. The van der Waals surface area contributed by atoms with Crippen molar-refractivity contribution in [3.8, 4) is 6.07 Å². The predicted molar refractivity (Wildman–Crippen MR) is 86.0 cm³/mol. The molecule has 1 aliphatic heterocycles. The van der Waals surface area contributed by atoms with Crippen LogP contribution in [0.25, 0.3) is 0 Å². The zero-order chi connectivity index (χ0) is 14.5. The Hall–Kier alpha value is -1.33. The summed E-state index contributed by atoms with van der Waals surface area (Å²) in [7, 11) is 0. The van der Waals surface area contributed by atoms with Crippen LogP contribution >= 0.6 is 0 Å². The number of rotatable bonds is 2. The highest BCUT2D eigenvalue weighted by molar-refractivity contribution is 5.21. The van der Waals surface area contributed by atoms with Crippen LogP contribution in [0.4, 0.5) is 0 Å². The van der Waals surface area contributed by atoms with Crippen LogP contribution in [0.3, 0.4) is 0 Å². The summed E-state index contributed by atoms with van der Waals surface area (Å²) in [6.07, 6.45) is 8.76. The molecule has 0 spiro atoms. The minimum absolute atomic E-state index is 0.239. The Morgan fingerprint density at radius 3 is 2.33 bits per heavy atom. The van der Waals surface area contributed by atoms with Crippen LogP contribution in [0.2, 0.25) is 0 Å². The molecule has 2 heteroatoms. The first kappa shape index (κ1) is 14.6. The van der Waals surface area contributed by atoms with Gasteiger partial charge in [0.2, 0.25) is 0 Å². The maximum atomic E-state index is 9.54. The van der Waals surface area contributed by atoms with Crippen molar-refractivity contribution >= 4 is 0 Å². The van der Waals surface area contributed by atoms with Gasteiger partial charge in [-0.05, 0) is 56.7 Å². The maximum absolute atomic E-state index is 9.54. The van der Waals surface area contributed by atoms with Crippen molar-refractivity contribution in [1.82, 2.24) is 4.90 Å². The van der Waals surface area contributed by atoms with Gasteiger partial charge >= 0.3 is 0 Å². The zero-order valence-electron chi connectivity index (χ0n) is 12.9. The minimum Gasteiger partial charge on any atom is -0.299 e. The lowest BCUT2D eigenvalue weighted by Gasteiger charge is -2.40. The Kier molecular flexibility index (Phi) is 4.93. The molecule has 0 aromatic heterocycles. The minimum atomic E-state index is 0.239. The van der Waals surface area contributed by atoms with Gasteiger partial charge in [-0.25, -0.2) is 0 Å². The SMILES string of the molecule is N#CC1CCC(c2ccccc2)CC1N1CCCCCC1. The Balaban J connectivity index is 1.74. The van der Waals surface area contributed by atoms with Gasteiger partial charge in [0.25, 0.3) is 0 Å². The molecule has 2 nitrogen and oxygen atoms in total. The van der Waals surface area contributed by atoms with E-state index in [9.17, 15) is 5.26 Å². The first-order valence-electron chi connectivity index (χ1n) is 8.57. The third-order valence-electron chi connectivity index (χ3n) is 5.36. The van der Waals surface area contributed by atoms with Crippen LogP contribution in [0.1, 0.15) is 56.4 Å². The Labute approximate surface area is 128 Å². The van der Waals surface area contributed by atoms with Crippen molar-refractivity contribution in [2.75, 3.05) is 13.1 Å². The molecule has 21 heavy (non-hydrogen) atoms. The predicted octanol–water partition coefficient (Wildman–Crippen LogP) is 4.34. The third-order valence-corrected chi connectivity index (χ3v) is 5.36. The largest absolute Gasteiger partial charge is 0.299 e. The second kappa shape index (κ2) is 7.09. The molecule has 1 saturated heterocycles. The van der Waals surface area contributed by atoms with E-state index in [0.29, 0.717) is 12.0 Å². The fraction of sp³-hybridized carbons (Fsp3) is 0.632. The lowest BCUT2D eigenvalue weighted by molar-refractivity contribution is 0.121. The van der Waals surface area contributed by atoms with Gasteiger partial charge in [0.05, 0.1) is 12.0 Å². The number of hydrogen-bond acceptors (Lipinski definition) is 2. The molecule has 0 radical (unpaired) electrons. The first-order valence-corrected chi connectivity index (χ1v) is 8.57. The van der Waals surface area contributed by atoms with E-state index in [4.69, 9.17) is 0 Å². The maximum Gasteiger partial charge on any atom is 0.0672 e. The quantitative estimate of drug-likeness (QED) is 0.807. The molecular formula is C19H26N2. The highest BCUT2D eigenvalue weighted by atomic mass is 15.2. The van der Waals surface area contributed by atoms with Crippen molar-refractivity contribution < 1.29 is 0 Å². The van der Waals surface area contributed by atoms with Crippen molar-refractivity contribution in [3.05, 3.63) is 35.9 Å². The smallest absolute Gasteiger partial charge is 0.0672 e. The molecule has 3 rings (SSSR count). The van der Waals surface area contributed by atoms with Gasteiger partial charge in [-0.1, -0.05) is 43.2 Å². The lowest BCUT2D eigenvalue weighted by atomic mass is 9.75. The lowest BCUT2D eigenvalue weighted by Crippen LogP contribution is -2.44. The molecule has 2 fully saturated rings. The van der Waals surface area contributed by atoms with Gasteiger partial charge in [-0.3, -0.25) is 4.90 Å². The molecule has 1 aromatic carbocycles. The van der Waals surface area contributed by atoms with Gasteiger partial charge in [0.1, 0.15) is 0 Å². The summed E-state index contributed by atoms with van der Waals surface area (Å²) in [5, 5.41) is 9.54. The monoisotopic (exact) mass is 282 g/mol. The second-order valence-corrected chi connectivity index (χ2v) is 6.67. The molecule has 3 atom stereocenters. The average molecular weight is 282 g/mol. The zero-order valence-corrected chi connectivity index (χ0v) is 12.9. The summed E-state index contributed by atoms with van der Waals surface area (Å²) in [5.41, 5.74) is 1.47. The van der Waals surface area contributed by atoms with Gasteiger partial charge in [0, 0.05) is 6.04 Å². The summed E-state index contributed by atoms with van der Waals surface area (Å²) in [6, 6.07) is 14.0. The van der Waals surface area contributed by atoms with Crippen LogP contribution in [0.5, 0.6) is 0 Å². The van der Waals surface area contributed by atoms with Crippen LogP contribution in [0, 0.1) is 17.2 Å².